The number of aryl methyl sites for hydroxylation is 2. The summed E-state index contributed by atoms with van der Waals surface area (Å²) < 4.78 is 0. The average molecular weight is 280 g/mol. The van der Waals surface area contributed by atoms with Gasteiger partial charge in [0.2, 0.25) is 0 Å². The molecular formula is C16H16N4O. The fourth-order valence-electron chi connectivity index (χ4n) is 2.12. The van der Waals surface area contributed by atoms with E-state index in [-0.39, 0.29) is 5.91 Å². The van der Waals surface area contributed by atoms with Crippen LogP contribution in [0.3, 0.4) is 0 Å². The van der Waals surface area contributed by atoms with Gasteiger partial charge >= 0.3 is 0 Å². The predicted octanol–water partition coefficient (Wildman–Crippen LogP) is 2.50. The summed E-state index contributed by atoms with van der Waals surface area (Å²) in [7, 11) is 0. The molecule has 0 unspecified atom stereocenters. The van der Waals surface area contributed by atoms with Gasteiger partial charge in [0.25, 0.3) is 5.91 Å². The van der Waals surface area contributed by atoms with Gasteiger partial charge in [-0.2, -0.15) is 0 Å². The molecule has 0 aliphatic carbocycles. The first-order chi connectivity index (χ1) is 10.1. The van der Waals surface area contributed by atoms with Crippen LogP contribution >= 0.6 is 0 Å². The molecule has 0 radical (unpaired) electrons. The van der Waals surface area contributed by atoms with E-state index in [9.17, 15) is 4.79 Å². The lowest BCUT2D eigenvalue weighted by Gasteiger charge is -2.06. The van der Waals surface area contributed by atoms with E-state index >= 15 is 0 Å². The van der Waals surface area contributed by atoms with Gasteiger partial charge in [-0.15, -0.1) is 0 Å². The predicted molar refractivity (Wildman–Crippen MR) is 81.0 cm³/mol. The van der Waals surface area contributed by atoms with Gasteiger partial charge in [-0.1, -0.05) is 0 Å². The number of nitrogens with one attached hydrogen (secondary N) is 2. The molecule has 0 bridgehead atoms. The first-order valence-electron chi connectivity index (χ1n) is 6.78. The highest BCUT2D eigenvalue weighted by Gasteiger charge is 2.08. The maximum Gasteiger partial charge on any atom is 0.251 e. The van der Waals surface area contributed by atoms with Gasteiger partial charge < -0.3 is 10.3 Å². The van der Waals surface area contributed by atoms with Crippen molar-refractivity contribution in [1.29, 1.82) is 0 Å². The molecule has 0 saturated heterocycles. The van der Waals surface area contributed by atoms with Crippen molar-refractivity contribution in [2.24, 2.45) is 0 Å². The fraction of sp³-hybridized carbons (Fsp3) is 0.188. The topological polar surface area (TPSA) is 70.7 Å². The minimum absolute atomic E-state index is 0.113. The van der Waals surface area contributed by atoms with Crippen LogP contribution in [0.15, 0.2) is 36.7 Å². The maximum atomic E-state index is 12.2. The van der Waals surface area contributed by atoms with Gasteiger partial charge in [-0.05, 0) is 43.7 Å². The van der Waals surface area contributed by atoms with Crippen molar-refractivity contribution in [3.63, 3.8) is 0 Å². The van der Waals surface area contributed by atoms with E-state index in [1.54, 1.807) is 12.1 Å². The second kappa shape index (κ2) is 5.36. The number of amides is 1. The Bertz CT molecular complexity index is 793. The summed E-state index contributed by atoms with van der Waals surface area (Å²) in [6.45, 7) is 4.35. The van der Waals surface area contributed by atoms with Gasteiger partial charge in [0.15, 0.2) is 0 Å². The SMILES string of the molecule is Cc1nc2ccc(C(=O)NCc3cc[nH]c3)cc2nc1C. The number of aromatic amines is 1. The van der Waals surface area contributed by atoms with E-state index in [1.165, 1.54) is 0 Å². The molecule has 0 fully saturated rings. The zero-order chi connectivity index (χ0) is 14.8. The van der Waals surface area contributed by atoms with Crippen molar-refractivity contribution in [1.82, 2.24) is 20.3 Å². The first-order valence-corrected chi connectivity index (χ1v) is 6.78. The van der Waals surface area contributed by atoms with Crippen molar-refractivity contribution in [3.8, 4) is 0 Å². The van der Waals surface area contributed by atoms with Crippen LogP contribution in [0.4, 0.5) is 0 Å². The van der Waals surface area contributed by atoms with E-state index in [0.29, 0.717) is 12.1 Å². The smallest absolute Gasteiger partial charge is 0.251 e. The summed E-state index contributed by atoms with van der Waals surface area (Å²) in [6.07, 6.45) is 3.69. The summed E-state index contributed by atoms with van der Waals surface area (Å²) in [6, 6.07) is 7.32. The highest BCUT2D eigenvalue weighted by Crippen LogP contribution is 2.14. The van der Waals surface area contributed by atoms with Crippen molar-refractivity contribution < 1.29 is 4.79 Å². The van der Waals surface area contributed by atoms with Crippen LogP contribution in [0.2, 0.25) is 0 Å². The van der Waals surface area contributed by atoms with Crippen molar-refractivity contribution in [2.75, 3.05) is 0 Å². The molecule has 0 spiro atoms. The van der Waals surface area contributed by atoms with Crippen molar-refractivity contribution in [2.45, 2.75) is 20.4 Å². The average Bonchev–Trinajstić information content (AvgIpc) is 2.99. The van der Waals surface area contributed by atoms with Gasteiger partial charge in [-0.3, -0.25) is 4.79 Å². The van der Waals surface area contributed by atoms with E-state index in [2.05, 4.69) is 20.3 Å². The molecule has 5 heteroatoms. The molecule has 0 saturated carbocycles. The Kier molecular flexibility index (Phi) is 3.39. The summed E-state index contributed by atoms with van der Waals surface area (Å²) in [5.74, 6) is -0.113. The van der Waals surface area contributed by atoms with Crippen molar-refractivity contribution >= 4 is 16.9 Å². The molecule has 2 N–H and O–H groups in total. The summed E-state index contributed by atoms with van der Waals surface area (Å²) >= 11 is 0. The van der Waals surface area contributed by atoms with Crippen LogP contribution < -0.4 is 5.32 Å². The Morgan fingerprint density at radius 1 is 1.14 bits per heavy atom. The highest BCUT2D eigenvalue weighted by atomic mass is 16.1. The van der Waals surface area contributed by atoms with E-state index < -0.39 is 0 Å². The van der Waals surface area contributed by atoms with Crippen LogP contribution in [0, 0.1) is 13.8 Å². The standard InChI is InChI=1S/C16H16N4O/c1-10-11(2)20-15-7-13(3-4-14(15)19-10)16(21)18-9-12-5-6-17-8-12/h3-8,17H,9H2,1-2H3,(H,18,21). The second-order valence-corrected chi connectivity index (χ2v) is 5.00. The molecule has 21 heavy (non-hydrogen) atoms. The zero-order valence-corrected chi connectivity index (χ0v) is 12.0. The summed E-state index contributed by atoms with van der Waals surface area (Å²) in [5, 5.41) is 2.88. The lowest BCUT2D eigenvalue weighted by molar-refractivity contribution is 0.0951. The van der Waals surface area contributed by atoms with E-state index in [4.69, 9.17) is 0 Å². The number of H-pyrrole nitrogens is 1. The minimum atomic E-state index is -0.113. The van der Waals surface area contributed by atoms with Crippen LogP contribution in [-0.4, -0.2) is 20.9 Å². The van der Waals surface area contributed by atoms with Crippen LogP contribution in [-0.2, 0) is 6.54 Å². The molecule has 2 aromatic heterocycles. The number of carbonyl (C=O) groups excluding carboxylic acids is 1. The Labute approximate surface area is 122 Å². The fourth-order valence-corrected chi connectivity index (χ4v) is 2.12. The molecule has 0 atom stereocenters. The lowest BCUT2D eigenvalue weighted by atomic mass is 10.1. The number of benzene rings is 1. The summed E-state index contributed by atoms with van der Waals surface area (Å²) in [5.41, 5.74) is 4.97. The minimum Gasteiger partial charge on any atom is -0.367 e. The number of hydrogen-bond acceptors (Lipinski definition) is 3. The van der Waals surface area contributed by atoms with Gasteiger partial charge in [0.05, 0.1) is 22.4 Å². The number of nitrogens with zero attached hydrogens (tertiary/aromatic N) is 2. The maximum absolute atomic E-state index is 12.2. The third kappa shape index (κ3) is 2.76. The molecular weight excluding hydrogens is 264 g/mol. The van der Waals surface area contributed by atoms with Gasteiger partial charge in [0, 0.05) is 24.5 Å². The van der Waals surface area contributed by atoms with Crippen LogP contribution in [0.1, 0.15) is 27.3 Å². The monoisotopic (exact) mass is 280 g/mol. The largest absolute Gasteiger partial charge is 0.367 e. The lowest BCUT2D eigenvalue weighted by Crippen LogP contribution is -2.22. The Balaban J connectivity index is 1.83. The Morgan fingerprint density at radius 2 is 1.90 bits per heavy atom. The number of rotatable bonds is 3. The van der Waals surface area contributed by atoms with Crippen molar-refractivity contribution in [3.05, 3.63) is 59.2 Å². The van der Waals surface area contributed by atoms with Gasteiger partial charge in [0.1, 0.15) is 0 Å². The molecule has 5 nitrogen and oxygen atoms in total. The molecule has 0 aliphatic rings. The molecule has 106 valence electrons. The second-order valence-electron chi connectivity index (χ2n) is 5.00. The number of fused-ring (bicyclic) bond motifs is 1. The molecule has 1 amide bonds. The highest BCUT2D eigenvalue weighted by molar-refractivity contribution is 5.97. The van der Waals surface area contributed by atoms with Crippen LogP contribution in [0.25, 0.3) is 11.0 Å². The molecule has 1 aromatic carbocycles. The number of carbonyl (C=O) groups is 1. The van der Waals surface area contributed by atoms with Crippen LogP contribution in [0.5, 0.6) is 0 Å². The van der Waals surface area contributed by atoms with E-state index in [1.807, 2.05) is 38.4 Å². The van der Waals surface area contributed by atoms with Gasteiger partial charge in [-0.25, -0.2) is 9.97 Å². The molecule has 3 aromatic rings. The third-order valence-corrected chi connectivity index (χ3v) is 3.45. The first kappa shape index (κ1) is 13.3. The normalized spacial score (nSPS) is 10.8. The molecule has 0 aliphatic heterocycles. The molecule has 2 heterocycles. The quantitative estimate of drug-likeness (QED) is 0.774. The Morgan fingerprint density at radius 3 is 2.62 bits per heavy atom. The molecule has 3 rings (SSSR count). The third-order valence-electron chi connectivity index (χ3n) is 3.45. The van der Waals surface area contributed by atoms with E-state index in [0.717, 1.165) is 28.0 Å². The summed E-state index contributed by atoms with van der Waals surface area (Å²) in [4.78, 5) is 24.1. The number of hydrogen-bond donors (Lipinski definition) is 2. The zero-order valence-electron chi connectivity index (χ0n) is 12.0. The Hall–Kier alpha value is -2.69. The number of aromatic nitrogens is 3.